The maximum Gasteiger partial charge on any atom is 0.309 e. The second-order valence-corrected chi connectivity index (χ2v) is 5.05. The van der Waals surface area contributed by atoms with E-state index in [9.17, 15) is 4.79 Å². The van der Waals surface area contributed by atoms with E-state index in [-0.39, 0.29) is 24.3 Å². The Labute approximate surface area is 120 Å². The fourth-order valence-electron chi connectivity index (χ4n) is 2.48. The van der Waals surface area contributed by atoms with E-state index < -0.39 is 0 Å². The third-order valence-electron chi connectivity index (χ3n) is 3.74. The van der Waals surface area contributed by atoms with Crippen molar-refractivity contribution in [3.63, 3.8) is 0 Å². The number of esters is 1. The lowest BCUT2D eigenvalue weighted by atomic mass is 9.82. The van der Waals surface area contributed by atoms with Gasteiger partial charge in [-0.1, -0.05) is 30.3 Å². The zero-order valence-corrected chi connectivity index (χ0v) is 11.9. The van der Waals surface area contributed by atoms with E-state index in [2.05, 4.69) is 0 Å². The molecule has 0 aromatic heterocycles. The van der Waals surface area contributed by atoms with Crippen molar-refractivity contribution in [1.82, 2.24) is 0 Å². The maximum atomic E-state index is 11.9. The van der Waals surface area contributed by atoms with Crippen LogP contribution in [0, 0.1) is 11.8 Å². The van der Waals surface area contributed by atoms with E-state index in [1.807, 2.05) is 30.3 Å². The summed E-state index contributed by atoms with van der Waals surface area (Å²) in [5, 5.41) is 0. The predicted molar refractivity (Wildman–Crippen MR) is 78.0 cm³/mol. The highest BCUT2D eigenvalue weighted by Crippen LogP contribution is 2.29. The average molecular weight is 284 g/mol. The van der Waals surface area contributed by atoms with Crippen LogP contribution in [0.4, 0.5) is 0 Å². The van der Waals surface area contributed by atoms with Crippen molar-refractivity contribution in [3.05, 3.63) is 35.9 Å². The molecule has 3 nitrogen and oxygen atoms in total. The Balaban J connectivity index is 0.00000180. The van der Waals surface area contributed by atoms with E-state index in [0.717, 1.165) is 37.8 Å². The van der Waals surface area contributed by atoms with Crippen LogP contribution < -0.4 is 5.73 Å². The van der Waals surface area contributed by atoms with Crippen LogP contribution >= 0.6 is 12.4 Å². The molecule has 0 amide bonds. The zero-order valence-electron chi connectivity index (χ0n) is 11.1. The van der Waals surface area contributed by atoms with Crippen LogP contribution in [0.3, 0.4) is 0 Å². The third kappa shape index (κ3) is 4.84. The molecule has 1 aliphatic rings. The summed E-state index contributed by atoms with van der Waals surface area (Å²) in [5.41, 5.74) is 6.69. The number of benzene rings is 1. The number of hydrogen-bond acceptors (Lipinski definition) is 3. The lowest BCUT2D eigenvalue weighted by molar-refractivity contribution is -0.151. The minimum atomic E-state index is -0.0469. The number of nitrogens with two attached hydrogens (primary N) is 1. The third-order valence-corrected chi connectivity index (χ3v) is 3.74. The fraction of sp³-hybridized carbons (Fsp3) is 0.533. The van der Waals surface area contributed by atoms with Gasteiger partial charge in [0.1, 0.15) is 6.61 Å². The van der Waals surface area contributed by atoms with Crippen molar-refractivity contribution in [2.24, 2.45) is 17.6 Å². The van der Waals surface area contributed by atoms with Gasteiger partial charge in [-0.05, 0) is 43.7 Å². The first kappa shape index (κ1) is 16.0. The number of rotatable bonds is 4. The summed E-state index contributed by atoms with van der Waals surface area (Å²) < 4.78 is 5.37. The Morgan fingerprint density at radius 2 is 1.79 bits per heavy atom. The van der Waals surface area contributed by atoms with Crippen LogP contribution in [0.15, 0.2) is 30.3 Å². The van der Waals surface area contributed by atoms with Gasteiger partial charge < -0.3 is 10.5 Å². The molecule has 1 aromatic rings. The van der Waals surface area contributed by atoms with E-state index in [0.29, 0.717) is 12.5 Å². The van der Waals surface area contributed by atoms with Crippen LogP contribution in [0.5, 0.6) is 0 Å². The monoisotopic (exact) mass is 283 g/mol. The van der Waals surface area contributed by atoms with Gasteiger partial charge in [-0.2, -0.15) is 0 Å². The largest absolute Gasteiger partial charge is 0.461 e. The molecule has 106 valence electrons. The van der Waals surface area contributed by atoms with Gasteiger partial charge in [-0.3, -0.25) is 4.79 Å². The molecule has 0 aliphatic heterocycles. The molecule has 2 rings (SSSR count). The molecule has 0 radical (unpaired) electrons. The van der Waals surface area contributed by atoms with Crippen molar-refractivity contribution < 1.29 is 9.53 Å². The molecule has 1 aliphatic carbocycles. The van der Waals surface area contributed by atoms with Crippen LogP contribution in [-0.4, -0.2) is 12.5 Å². The van der Waals surface area contributed by atoms with Gasteiger partial charge in [0.05, 0.1) is 5.92 Å². The summed E-state index contributed by atoms with van der Waals surface area (Å²) in [4.78, 5) is 11.9. The normalized spacial score (nSPS) is 22.4. The molecule has 0 bridgehead atoms. The Morgan fingerprint density at radius 3 is 2.37 bits per heavy atom. The summed E-state index contributed by atoms with van der Waals surface area (Å²) in [7, 11) is 0. The fourth-order valence-corrected chi connectivity index (χ4v) is 2.48. The molecule has 0 saturated heterocycles. The van der Waals surface area contributed by atoms with Crippen molar-refractivity contribution >= 4 is 18.4 Å². The van der Waals surface area contributed by atoms with Gasteiger partial charge in [0, 0.05) is 0 Å². The maximum absolute atomic E-state index is 11.9. The van der Waals surface area contributed by atoms with Gasteiger partial charge in [0.25, 0.3) is 0 Å². The number of hydrogen-bond donors (Lipinski definition) is 1. The van der Waals surface area contributed by atoms with Crippen molar-refractivity contribution in [2.75, 3.05) is 6.54 Å². The molecule has 0 spiro atoms. The van der Waals surface area contributed by atoms with Gasteiger partial charge in [-0.15, -0.1) is 12.4 Å². The number of ether oxygens (including phenoxy) is 1. The zero-order chi connectivity index (χ0) is 12.8. The number of carbonyl (C=O) groups excluding carboxylic acids is 1. The van der Waals surface area contributed by atoms with Crippen molar-refractivity contribution in [3.8, 4) is 0 Å². The van der Waals surface area contributed by atoms with Crippen LogP contribution in [0.2, 0.25) is 0 Å². The molecular weight excluding hydrogens is 262 g/mol. The van der Waals surface area contributed by atoms with Crippen LogP contribution in [0.25, 0.3) is 0 Å². The Morgan fingerprint density at radius 1 is 1.16 bits per heavy atom. The van der Waals surface area contributed by atoms with E-state index in [1.54, 1.807) is 0 Å². The first-order chi connectivity index (χ1) is 8.79. The second kappa shape index (κ2) is 8.18. The SMILES string of the molecule is Cl.NCC1CCC(C(=O)OCc2ccccc2)CC1. The van der Waals surface area contributed by atoms with Gasteiger partial charge >= 0.3 is 5.97 Å². The molecule has 1 aromatic carbocycles. The summed E-state index contributed by atoms with van der Waals surface area (Å²) >= 11 is 0. The minimum Gasteiger partial charge on any atom is -0.461 e. The Kier molecular flexibility index (Phi) is 6.89. The molecule has 1 fully saturated rings. The Hall–Kier alpha value is -1.06. The topological polar surface area (TPSA) is 52.3 Å². The highest BCUT2D eigenvalue weighted by molar-refractivity contribution is 5.85. The summed E-state index contributed by atoms with van der Waals surface area (Å²) in [6.07, 6.45) is 3.97. The standard InChI is InChI=1S/C15H21NO2.ClH/c16-10-12-6-8-14(9-7-12)15(17)18-11-13-4-2-1-3-5-13;/h1-5,12,14H,6-11,16H2;1H. The molecule has 19 heavy (non-hydrogen) atoms. The summed E-state index contributed by atoms with van der Waals surface area (Å²) in [6, 6.07) is 9.81. The predicted octanol–water partition coefficient (Wildman–Crippen LogP) is 2.92. The van der Waals surface area contributed by atoms with Gasteiger partial charge in [0.15, 0.2) is 0 Å². The van der Waals surface area contributed by atoms with Gasteiger partial charge in [-0.25, -0.2) is 0 Å². The molecule has 0 atom stereocenters. The molecular formula is C15H22ClNO2. The lowest BCUT2D eigenvalue weighted by Crippen LogP contribution is -2.26. The summed E-state index contributed by atoms with van der Waals surface area (Å²) in [5.74, 6) is 0.633. The molecule has 4 heteroatoms. The number of carbonyl (C=O) groups is 1. The van der Waals surface area contributed by atoms with Crippen molar-refractivity contribution in [1.29, 1.82) is 0 Å². The molecule has 2 N–H and O–H groups in total. The number of halogens is 1. The summed E-state index contributed by atoms with van der Waals surface area (Å²) in [6.45, 7) is 1.13. The smallest absolute Gasteiger partial charge is 0.309 e. The minimum absolute atomic E-state index is 0. The quantitative estimate of drug-likeness (QED) is 0.865. The highest BCUT2D eigenvalue weighted by Gasteiger charge is 2.26. The van der Waals surface area contributed by atoms with E-state index in [1.165, 1.54) is 0 Å². The molecule has 0 heterocycles. The van der Waals surface area contributed by atoms with E-state index >= 15 is 0 Å². The van der Waals surface area contributed by atoms with Crippen molar-refractivity contribution in [2.45, 2.75) is 32.3 Å². The highest BCUT2D eigenvalue weighted by atomic mass is 35.5. The lowest BCUT2D eigenvalue weighted by Gasteiger charge is -2.26. The molecule has 1 saturated carbocycles. The molecule has 0 unspecified atom stereocenters. The van der Waals surface area contributed by atoms with Crippen LogP contribution in [-0.2, 0) is 16.1 Å². The second-order valence-electron chi connectivity index (χ2n) is 5.05. The first-order valence-corrected chi connectivity index (χ1v) is 6.70. The van der Waals surface area contributed by atoms with Gasteiger partial charge in [0.2, 0.25) is 0 Å². The first-order valence-electron chi connectivity index (χ1n) is 6.70. The Bertz CT molecular complexity index is 375. The van der Waals surface area contributed by atoms with Crippen LogP contribution in [0.1, 0.15) is 31.2 Å². The van der Waals surface area contributed by atoms with E-state index in [4.69, 9.17) is 10.5 Å². The average Bonchev–Trinajstić information content (AvgIpc) is 2.46.